The maximum absolute atomic E-state index is 13.8. The minimum Gasteiger partial charge on any atom is -0.339 e. The highest BCUT2D eigenvalue weighted by atomic mass is 16.2. The number of rotatable bonds is 16. The molecule has 2 aromatic rings. The number of aryl methyl sites for hydroxylation is 1. The molecule has 1 aliphatic rings. The summed E-state index contributed by atoms with van der Waals surface area (Å²) in [5, 5.41) is 0. The van der Waals surface area contributed by atoms with E-state index in [1.165, 1.54) is 63.9 Å². The topological polar surface area (TPSA) is 41.4 Å². The molecule has 0 unspecified atom stereocenters. The largest absolute Gasteiger partial charge is 0.339 e. The predicted molar refractivity (Wildman–Crippen MR) is 162 cm³/mol. The Morgan fingerprint density at radius 3 is 2.11 bits per heavy atom. The second kappa shape index (κ2) is 15.6. The highest BCUT2D eigenvalue weighted by Gasteiger charge is 2.22. The summed E-state index contributed by atoms with van der Waals surface area (Å²) in [5.41, 5.74) is 3.01. The number of carbonyl (C=O) groups is 1. The van der Waals surface area contributed by atoms with E-state index in [-0.39, 0.29) is 5.91 Å². The van der Waals surface area contributed by atoms with Crippen molar-refractivity contribution in [2.45, 2.75) is 118 Å². The van der Waals surface area contributed by atoms with Crippen LogP contribution in [-0.4, -0.2) is 58.0 Å². The van der Waals surface area contributed by atoms with Crippen LogP contribution in [0.2, 0.25) is 0 Å². The normalized spacial score (nSPS) is 14.9. The van der Waals surface area contributed by atoms with E-state index in [1.807, 2.05) is 6.07 Å². The summed E-state index contributed by atoms with van der Waals surface area (Å²) in [6.07, 6.45) is 12.0. The number of aromatic nitrogens is 2. The van der Waals surface area contributed by atoms with Crippen molar-refractivity contribution in [1.29, 1.82) is 0 Å². The van der Waals surface area contributed by atoms with Gasteiger partial charge in [0.05, 0.1) is 11.0 Å². The fourth-order valence-electron chi connectivity index (χ4n) is 5.88. The summed E-state index contributed by atoms with van der Waals surface area (Å²) < 4.78 is 2.48. The van der Waals surface area contributed by atoms with E-state index in [4.69, 9.17) is 4.98 Å². The summed E-state index contributed by atoms with van der Waals surface area (Å²) in [4.78, 5) is 23.7. The summed E-state index contributed by atoms with van der Waals surface area (Å²) in [6.45, 7) is 19.8. The SMILES string of the molecule is CCCC(CCC)c1nc2ccc(C(=O)N(CCC(C)C)CCC(C)C)cc2n1CCCN1CCCCC1. The first-order valence-corrected chi connectivity index (χ1v) is 15.9. The van der Waals surface area contributed by atoms with Gasteiger partial charge >= 0.3 is 0 Å². The third-order valence-corrected chi connectivity index (χ3v) is 8.21. The number of hydrogen-bond donors (Lipinski definition) is 0. The van der Waals surface area contributed by atoms with Gasteiger partial charge in [-0.05, 0) is 94.6 Å². The molecule has 2 heterocycles. The zero-order valence-electron chi connectivity index (χ0n) is 25.5. The lowest BCUT2D eigenvalue weighted by molar-refractivity contribution is 0.0741. The molecule has 1 aromatic carbocycles. The number of carbonyl (C=O) groups excluding carboxylic acids is 1. The second-order valence-corrected chi connectivity index (χ2v) is 12.5. The Bertz CT molecular complexity index is 955. The van der Waals surface area contributed by atoms with Gasteiger partial charge in [-0.3, -0.25) is 4.79 Å². The van der Waals surface area contributed by atoms with Crippen LogP contribution in [0.5, 0.6) is 0 Å². The van der Waals surface area contributed by atoms with Crippen molar-refractivity contribution in [2.24, 2.45) is 11.8 Å². The molecule has 1 aliphatic heterocycles. The van der Waals surface area contributed by atoms with Gasteiger partial charge in [0, 0.05) is 31.1 Å². The van der Waals surface area contributed by atoms with Crippen molar-refractivity contribution in [3.63, 3.8) is 0 Å². The molecule has 1 amide bonds. The molecule has 0 atom stereocenters. The summed E-state index contributed by atoms with van der Waals surface area (Å²) in [7, 11) is 0. The average Bonchev–Trinajstić information content (AvgIpc) is 3.26. The lowest BCUT2D eigenvalue weighted by Crippen LogP contribution is -2.34. The van der Waals surface area contributed by atoms with Crippen LogP contribution in [0.4, 0.5) is 0 Å². The first-order chi connectivity index (χ1) is 18.3. The van der Waals surface area contributed by atoms with E-state index in [1.54, 1.807) is 0 Å². The number of hydrogen-bond acceptors (Lipinski definition) is 3. The highest BCUT2D eigenvalue weighted by Crippen LogP contribution is 2.30. The number of amides is 1. The van der Waals surface area contributed by atoms with Gasteiger partial charge < -0.3 is 14.4 Å². The summed E-state index contributed by atoms with van der Waals surface area (Å²) >= 11 is 0. The molecule has 0 spiro atoms. The second-order valence-electron chi connectivity index (χ2n) is 12.5. The van der Waals surface area contributed by atoms with Crippen LogP contribution in [0.15, 0.2) is 18.2 Å². The molecule has 1 aromatic heterocycles. The minimum absolute atomic E-state index is 0.175. The number of piperidine rings is 1. The van der Waals surface area contributed by atoms with E-state index < -0.39 is 0 Å². The lowest BCUT2D eigenvalue weighted by atomic mass is 9.97. The molecule has 0 aliphatic carbocycles. The van der Waals surface area contributed by atoms with Crippen LogP contribution < -0.4 is 0 Å². The zero-order valence-corrected chi connectivity index (χ0v) is 25.5. The molecule has 38 heavy (non-hydrogen) atoms. The Hall–Kier alpha value is -1.88. The maximum Gasteiger partial charge on any atom is 0.253 e. The van der Waals surface area contributed by atoms with Crippen LogP contribution in [-0.2, 0) is 6.54 Å². The van der Waals surface area contributed by atoms with Crippen molar-refractivity contribution >= 4 is 16.9 Å². The van der Waals surface area contributed by atoms with Crippen molar-refractivity contribution in [3.8, 4) is 0 Å². The standard InChI is InChI=1S/C33H56N4O/c1-7-13-28(14-8-2)32-34-30-16-15-29(33(38)36(23-17-26(3)4)24-18-27(5)6)25-31(30)37(32)22-12-21-35-19-10-9-11-20-35/h15-16,25-28H,7-14,17-24H2,1-6H3. The van der Waals surface area contributed by atoms with E-state index in [9.17, 15) is 4.79 Å². The molecular formula is C33H56N4O. The number of imidazole rings is 1. The number of benzene rings is 1. The van der Waals surface area contributed by atoms with Crippen LogP contribution in [0.25, 0.3) is 11.0 Å². The van der Waals surface area contributed by atoms with Gasteiger partial charge in [0.25, 0.3) is 5.91 Å². The summed E-state index contributed by atoms with van der Waals surface area (Å²) in [5.74, 6) is 3.08. The van der Waals surface area contributed by atoms with E-state index >= 15 is 0 Å². The molecule has 0 N–H and O–H groups in total. The Labute approximate surface area is 233 Å². The van der Waals surface area contributed by atoms with Crippen LogP contribution in [0, 0.1) is 11.8 Å². The molecule has 5 heteroatoms. The predicted octanol–water partition coefficient (Wildman–Crippen LogP) is 8.13. The van der Waals surface area contributed by atoms with Crippen molar-refractivity contribution in [3.05, 3.63) is 29.6 Å². The van der Waals surface area contributed by atoms with E-state index in [2.05, 4.69) is 68.0 Å². The summed E-state index contributed by atoms with van der Waals surface area (Å²) in [6, 6.07) is 6.28. The monoisotopic (exact) mass is 524 g/mol. The third kappa shape index (κ3) is 8.83. The molecule has 1 fully saturated rings. The highest BCUT2D eigenvalue weighted by molar-refractivity contribution is 5.97. The van der Waals surface area contributed by atoms with Crippen LogP contribution >= 0.6 is 0 Å². The number of likely N-dealkylation sites (tertiary alicyclic amines) is 1. The lowest BCUT2D eigenvalue weighted by Gasteiger charge is -2.26. The van der Waals surface area contributed by atoms with E-state index in [0.29, 0.717) is 17.8 Å². The first-order valence-electron chi connectivity index (χ1n) is 15.9. The third-order valence-electron chi connectivity index (χ3n) is 8.21. The van der Waals surface area contributed by atoms with Gasteiger partial charge in [-0.1, -0.05) is 60.8 Å². The van der Waals surface area contributed by atoms with Crippen molar-refractivity contribution in [2.75, 3.05) is 32.7 Å². The number of nitrogens with zero attached hydrogens (tertiary/aromatic N) is 4. The Balaban J connectivity index is 1.91. The fraction of sp³-hybridized carbons (Fsp3) is 0.758. The first kappa shape index (κ1) is 30.7. The molecule has 3 rings (SSSR count). The Kier molecular flexibility index (Phi) is 12.6. The molecule has 214 valence electrons. The fourth-order valence-corrected chi connectivity index (χ4v) is 5.88. The van der Waals surface area contributed by atoms with Gasteiger partial charge in [0.15, 0.2) is 0 Å². The van der Waals surface area contributed by atoms with Crippen LogP contribution in [0.3, 0.4) is 0 Å². The van der Waals surface area contributed by atoms with Gasteiger partial charge in [-0.15, -0.1) is 0 Å². The van der Waals surface area contributed by atoms with Crippen molar-refractivity contribution < 1.29 is 4.79 Å². The van der Waals surface area contributed by atoms with E-state index in [0.717, 1.165) is 62.0 Å². The zero-order chi connectivity index (χ0) is 27.5. The molecule has 0 bridgehead atoms. The van der Waals surface area contributed by atoms with Crippen molar-refractivity contribution in [1.82, 2.24) is 19.4 Å². The molecule has 1 saturated heterocycles. The molecule has 5 nitrogen and oxygen atoms in total. The average molecular weight is 525 g/mol. The number of fused-ring (bicyclic) bond motifs is 1. The Morgan fingerprint density at radius 1 is 0.895 bits per heavy atom. The maximum atomic E-state index is 13.8. The minimum atomic E-state index is 0.175. The van der Waals surface area contributed by atoms with Gasteiger partial charge in [0.1, 0.15) is 5.82 Å². The van der Waals surface area contributed by atoms with Gasteiger partial charge in [-0.25, -0.2) is 4.98 Å². The molecule has 0 radical (unpaired) electrons. The molecular weight excluding hydrogens is 468 g/mol. The smallest absolute Gasteiger partial charge is 0.253 e. The molecule has 0 saturated carbocycles. The Morgan fingerprint density at radius 2 is 1.53 bits per heavy atom. The van der Waals surface area contributed by atoms with Crippen LogP contribution in [0.1, 0.15) is 128 Å². The quantitative estimate of drug-likeness (QED) is 0.223. The van der Waals surface area contributed by atoms with Gasteiger partial charge in [-0.2, -0.15) is 0 Å². The van der Waals surface area contributed by atoms with Gasteiger partial charge in [0.2, 0.25) is 0 Å².